The van der Waals surface area contributed by atoms with E-state index in [1.165, 1.54) is 44.1 Å². The molecule has 6 rings (SSSR count). The molecule has 1 heterocycles. The normalized spacial score (nSPS) is 33.0. The molecule has 33 heavy (non-hydrogen) atoms. The van der Waals surface area contributed by atoms with E-state index in [9.17, 15) is 14.7 Å². The van der Waals surface area contributed by atoms with Gasteiger partial charge in [-0.05, 0) is 74.2 Å². The van der Waals surface area contributed by atoms with Crippen LogP contribution >= 0.6 is 0 Å². The molecule has 4 aliphatic carbocycles. The summed E-state index contributed by atoms with van der Waals surface area (Å²) in [7, 11) is 0. The van der Waals surface area contributed by atoms with Gasteiger partial charge in [-0.2, -0.15) is 0 Å². The van der Waals surface area contributed by atoms with E-state index in [-0.39, 0.29) is 17.2 Å². The average Bonchev–Trinajstić information content (AvgIpc) is 2.77. The Morgan fingerprint density at radius 1 is 1.00 bits per heavy atom. The summed E-state index contributed by atoms with van der Waals surface area (Å²) in [4.78, 5) is 30.5. The highest BCUT2D eigenvalue weighted by Gasteiger charge is 2.51. The molecule has 1 saturated heterocycles. The summed E-state index contributed by atoms with van der Waals surface area (Å²) in [6.07, 6.45) is 7.18. The van der Waals surface area contributed by atoms with Crippen molar-refractivity contribution in [3.05, 3.63) is 35.9 Å². The molecule has 0 spiro atoms. The smallest absolute Gasteiger partial charge is 0.247 e. The number of rotatable bonds is 7. The van der Waals surface area contributed by atoms with Gasteiger partial charge in [-0.3, -0.25) is 14.5 Å². The van der Waals surface area contributed by atoms with E-state index in [0.29, 0.717) is 19.5 Å². The van der Waals surface area contributed by atoms with Crippen LogP contribution in [-0.2, 0) is 16.1 Å². The molecule has 4 bridgehead atoms. The molecule has 2 N–H and O–H groups in total. The average molecular weight is 454 g/mol. The SMILES string of the molecule is C[C@@H](O)C(NC(=O)CC12CC3CC(CC(C3)C1)C2)C(=O)N1CCN(Cc2ccccc2)CC1. The van der Waals surface area contributed by atoms with E-state index in [1.807, 2.05) is 11.0 Å². The molecule has 6 heteroatoms. The second-order valence-corrected chi connectivity index (χ2v) is 11.5. The minimum atomic E-state index is -0.903. The fourth-order valence-corrected chi connectivity index (χ4v) is 7.62. The van der Waals surface area contributed by atoms with Crippen LogP contribution in [0.1, 0.15) is 57.4 Å². The van der Waals surface area contributed by atoms with Gasteiger partial charge < -0.3 is 15.3 Å². The van der Waals surface area contributed by atoms with Crippen molar-refractivity contribution < 1.29 is 14.7 Å². The van der Waals surface area contributed by atoms with Crippen LogP contribution in [0, 0.1) is 23.2 Å². The first-order valence-electron chi connectivity index (χ1n) is 12.9. The standard InChI is InChI=1S/C27H39N3O3/c1-19(31)25(26(33)30-9-7-29(8-10-30)18-20-5-3-2-4-6-20)28-24(32)17-27-14-21-11-22(15-27)13-23(12-21)16-27/h2-6,19,21-23,25,31H,7-18H2,1H3,(H,28,32)/t19-,21?,22?,23?,25?,27?/m1/s1. The van der Waals surface area contributed by atoms with Crippen molar-refractivity contribution in [1.82, 2.24) is 15.1 Å². The lowest BCUT2D eigenvalue weighted by Crippen LogP contribution is -2.58. The summed E-state index contributed by atoms with van der Waals surface area (Å²) < 4.78 is 0. The van der Waals surface area contributed by atoms with Gasteiger partial charge in [0.15, 0.2) is 0 Å². The zero-order chi connectivity index (χ0) is 23.0. The molecule has 1 aromatic carbocycles. The molecule has 5 aliphatic rings. The third kappa shape index (κ3) is 5.12. The Balaban J connectivity index is 1.15. The number of nitrogens with zero attached hydrogens (tertiary/aromatic N) is 2. The number of carbonyl (C=O) groups excluding carboxylic acids is 2. The minimum absolute atomic E-state index is 0.0566. The van der Waals surface area contributed by atoms with E-state index in [4.69, 9.17) is 0 Å². The monoisotopic (exact) mass is 453 g/mol. The quantitative estimate of drug-likeness (QED) is 0.666. The maximum atomic E-state index is 13.2. The maximum Gasteiger partial charge on any atom is 0.247 e. The molecule has 6 nitrogen and oxygen atoms in total. The zero-order valence-corrected chi connectivity index (χ0v) is 19.9. The van der Waals surface area contributed by atoms with Crippen LogP contribution in [0.2, 0.25) is 0 Å². The molecular formula is C27H39N3O3. The van der Waals surface area contributed by atoms with Crippen LogP contribution in [0.3, 0.4) is 0 Å². The van der Waals surface area contributed by atoms with Gasteiger partial charge in [0.1, 0.15) is 6.04 Å². The fraction of sp³-hybridized carbons (Fsp3) is 0.704. The first-order valence-corrected chi connectivity index (χ1v) is 12.9. The van der Waals surface area contributed by atoms with Gasteiger partial charge in [0.2, 0.25) is 11.8 Å². The van der Waals surface area contributed by atoms with E-state index < -0.39 is 12.1 Å². The molecular weight excluding hydrogens is 414 g/mol. The van der Waals surface area contributed by atoms with E-state index in [1.54, 1.807) is 6.92 Å². The van der Waals surface area contributed by atoms with Gasteiger partial charge in [0.25, 0.3) is 0 Å². The van der Waals surface area contributed by atoms with Crippen molar-refractivity contribution in [2.75, 3.05) is 26.2 Å². The van der Waals surface area contributed by atoms with Crippen LogP contribution in [0.5, 0.6) is 0 Å². The molecule has 1 unspecified atom stereocenters. The highest BCUT2D eigenvalue weighted by atomic mass is 16.3. The Morgan fingerprint density at radius 2 is 1.58 bits per heavy atom. The molecule has 0 radical (unpaired) electrons. The maximum absolute atomic E-state index is 13.2. The van der Waals surface area contributed by atoms with Crippen molar-refractivity contribution >= 4 is 11.8 Å². The first kappa shape index (κ1) is 22.9. The summed E-state index contributed by atoms with van der Waals surface area (Å²) in [5.74, 6) is 2.18. The van der Waals surface area contributed by atoms with Gasteiger partial charge in [0.05, 0.1) is 6.10 Å². The largest absolute Gasteiger partial charge is 0.391 e. The number of aliphatic hydroxyl groups is 1. The number of hydrogen-bond acceptors (Lipinski definition) is 4. The zero-order valence-electron chi connectivity index (χ0n) is 19.9. The molecule has 2 amide bonds. The Labute approximate surface area is 197 Å². The van der Waals surface area contributed by atoms with Gasteiger partial charge in [-0.1, -0.05) is 30.3 Å². The van der Waals surface area contributed by atoms with E-state index in [0.717, 1.165) is 37.4 Å². The van der Waals surface area contributed by atoms with Crippen LogP contribution in [-0.4, -0.2) is 65.0 Å². The third-order valence-electron chi connectivity index (χ3n) is 8.70. The van der Waals surface area contributed by atoms with Gasteiger partial charge in [0, 0.05) is 39.1 Å². The van der Waals surface area contributed by atoms with Gasteiger partial charge >= 0.3 is 0 Å². The van der Waals surface area contributed by atoms with Crippen molar-refractivity contribution in [3.8, 4) is 0 Å². The summed E-state index contributed by atoms with van der Waals surface area (Å²) in [6, 6.07) is 9.52. The van der Waals surface area contributed by atoms with E-state index >= 15 is 0 Å². The number of aliphatic hydroxyl groups excluding tert-OH is 1. The van der Waals surface area contributed by atoms with Crippen LogP contribution in [0.4, 0.5) is 0 Å². The number of benzene rings is 1. The number of carbonyl (C=O) groups is 2. The highest BCUT2D eigenvalue weighted by Crippen LogP contribution is 2.61. The van der Waals surface area contributed by atoms with Gasteiger partial charge in [-0.25, -0.2) is 0 Å². The van der Waals surface area contributed by atoms with Crippen molar-refractivity contribution in [2.24, 2.45) is 23.2 Å². The Hall–Kier alpha value is -1.92. The lowest BCUT2D eigenvalue weighted by atomic mass is 9.49. The summed E-state index contributed by atoms with van der Waals surface area (Å²) in [6.45, 7) is 5.34. The van der Waals surface area contributed by atoms with Crippen molar-refractivity contribution in [1.29, 1.82) is 0 Å². The molecule has 180 valence electrons. The number of hydrogen-bond donors (Lipinski definition) is 2. The molecule has 1 aliphatic heterocycles. The van der Waals surface area contributed by atoms with Crippen molar-refractivity contribution in [3.63, 3.8) is 0 Å². The number of amides is 2. The molecule has 2 atom stereocenters. The Kier molecular flexibility index (Phi) is 6.49. The Morgan fingerprint density at radius 3 is 2.12 bits per heavy atom. The minimum Gasteiger partial charge on any atom is -0.391 e. The summed E-state index contributed by atoms with van der Waals surface area (Å²) >= 11 is 0. The molecule has 5 fully saturated rings. The lowest BCUT2D eigenvalue weighted by molar-refractivity contribution is -0.142. The second-order valence-electron chi connectivity index (χ2n) is 11.5. The second kappa shape index (κ2) is 9.38. The predicted octanol–water partition coefficient (Wildman–Crippen LogP) is 2.80. The summed E-state index contributed by atoms with van der Waals surface area (Å²) in [5.41, 5.74) is 1.41. The van der Waals surface area contributed by atoms with Crippen LogP contribution < -0.4 is 5.32 Å². The van der Waals surface area contributed by atoms with Crippen LogP contribution in [0.15, 0.2) is 30.3 Å². The van der Waals surface area contributed by atoms with Gasteiger partial charge in [-0.15, -0.1) is 0 Å². The fourth-order valence-electron chi connectivity index (χ4n) is 7.62. The van der Waals surface area contributed by atoms with Crippen molar-refractivity contribution in [2.45, 2.75) is 70.6 Å². The third-order valence-corrected chi connectivity index (χ3v) is 8.70. The topological polar surface area (TPSA) is 72.9 Å². The van der Waals surface area contributed by atoms with E-state index in [2.05, 4.69) is 34.5 Å². The highest BCUT2D eigenvalue weighted by molar-refractivity contribution is 5.88. The molecule has 0 aromatic heterocycles. The molecule has 1 aromatic rings. The number of nitrogens with one attached hydrogen (secondary N) is 1. The lowest BCUT2D eigenvalue weighted by Gasteiger charge is -2.56. The van der Waals surface area contributed by atoms with Crippen LogP contribution in [0.25, 0.3) is 0 Å². The number of piperazine rings is 1. The first-order chi connectivity index (χ1) is 15.9. The summed E-state index contributed by atoms with van der Waals surface area (Å²) in [5, 5.41) is 13.3. The Bertz CT molecular complexity index is 812. The molecule has 4 saturated carbocycles. The predicted molar refractivity (Wildman–Crippen MR) is 127 cm³/mol.